The highest BCUT2D eigenvalue weighted by Crippen LogP contribution is 2.29. The molecule has 8 heteroatoms. The number of likely N-dealkylation sites (tertiary alicyclic amines) is 1. The van der Waals surface area contributed by atoms with Gasteiger partial charge in [-0.05, 0) is 49.2 Å². The molecular weight excluding hydrogens is 438 g/mol. The van der Waals surface area contributed by atoms with Crippen LogP contribution in [0.5, 0.6) is 0 Å². The third-order valence-corrected chi connectivity index (χ3v) is 6.83. The van der Waals surface area contributed by atoms with E-state index in [-0.39, 0.29) is 17.7 Å². The molecule has 0 saturated carbocycles. The maximum Gasteiger partial charge on any atom is 0.253 e. The van der Waals surface area contributed by atoms with E-state index >= 15 is 0 Å². The number of benzene rings is 1. The number of aromatic nitrogens is 2. The number of anilines is 1. The second kappa shape index (κ2) is 9.35. The van der Waals surface area contributed by atoms with Crippen LogP contribution in [0.25, 0.3) is 10.9 Å². The molecule has 2 aliphatic heterocycles. The van der Waals surface area contributed by atoms with E-state index in [2.05, 4.69) is 14.9 Å². The molecule has 4 heterocycles. The molecule has 0 aliphatic carbocycles. The van der Waals surface area contributed by atoms with Crippen LogP contribution in [0, 0.1) is 5.92 Å². The van der Waals surface area contributed by atoms with Crippen molar-refractivity contribution >= 4 is 40.0 Å². The Labute approximate surface area is 198 Å². The lowest BCUT2D eigenvalue weighted by Crippen LogP contribution is -2.53. The van der Waals surface area contributed by atoms with E-state index in [0.717, 1.165) is 42.5 Å². The summed E-state index contributed by atoms with van der Waals surface area (Å²) in [5.41, 5.74) is 2.62. The molecule has 0 spiro atoms. The Balaban J connectivity index is 1.22. The number of pyridine rings is 2. The SMILES string of the molecule is O=C(c1ccncc1)N1CCCC(C(=O)N2CCN(c3ccnc4cc(Cl)ccc34)CC2)C1. The molecule has 1 unspecified atom stereocenters. The van der Waals surface area contributed by atoms with Gasteiger partial charge in [-0.15, -0.1) is 0 Å². The standard InChI is InChI=1S/C25H26ClN5O2/c26-20-3-4-21-22(16-20)28-10-7-23(21)29-12-14-30(15-13-29)25(33)19-2-1-11-31(17-19)24(32)18-5-8-27-9-6-18/h3-10,16,19H,1-2,11-15,17H2. The van der Waals surface area contributed by atoms with E-state index in [1.807, 2.05) is 40.3 Å². The minimum absolute atomic E-state index is 0.0237. The number of piperidine rings is 1. The molecule has 5 rings (SSSR count). The van der Waals surface area contributed by atoms with Gasteiger partial charge in [0.05, 0.1) is 11.4 Å². The van der Waals surface area contributed by atoms with Gasteiger partial charge in [-0.2, -0.15) is 0 Å². The molecule has 0 bridgehead atoms. The van der Waals surface area contributed by atoms with Crippen LogP contribution in [0.1, 0.15) is 23.2 Å². The molecule has 0 N–H and O–H groups in total. The van der Waals surface area contributed by atoms with Gasteiger partial charge in [0, 0.05) is 79.5 Å². The number of hydrogen-bond donors (Lipinski definition) is 0. The highest BCUT2D eigenvalue weighted by Gasteiger charge is 2.33. The summed E-state index contributed by atoms with van der Waals surface area (Å²) >= 11 is 6.12. The van der Waals surface area contributed by atoms with E-state index in [1.165, 1.54) is 0 Å². The third kappa shape index (κ3) is 4.50. The average molecular weight is 464 g/mol. The first-order valence-electron chi connectivity index (χ1n) is 11.4. The molecule has 7 nitrogen and oxygen atoms in total. The summed E-state index contributed by atoms with van der Waals surface area (Å²) in [6.45, 7) is 4.05. The molecule has 2 saturated heterocycles. The summed E-state index contributed by atoms with van der Waals surface area (Å²) < 4.78 is 0. The normalized spacial score (nSPS) is 19.1. The summed E-state index contributed by atoms with van der Waals surface area (Å²) in [4.78, 5) is 40.6. The minimum Gasteiger partial charge on any atom is -0.367 e. The third-order valence-electron chi connectivity index (χ3n) is 6.60. The monoisotopic (exact) mass is 463 g/mol. The fourth-order valence-electron chi connectivity index (χ4n) is 4.85. The van der Waals surface area contributed by atoms with Gasteiger partial charge in [-0.1, -0.05) is 11.6 Å². The van der Waals surface area contributed by atoms with Gasteiger partial charge in [-0.25, -0.2) is 0 Å². The summed E-state index contributed by atoms with van der Waals surface area (Å²) in [6, 6.07) is 11.2. The van der Waals surface area contributed by atoms with E-state index in [1.54, 1.807) is 24.5 Å². The number of rotatable bonds is 3. The van der Waals surface area contributed by atoms with Crippen molar-refractivity contribution in [3.05, 3.63) is 65.6 Å². The Morgan fingerprint density at radius 1 is 0.909 bits per heavy atom. The molecule has 33 heavy (non-hydrogen) atoms. The topological polar surface area (TPSA) is 69.6 Å². The Morgan fingerprint density at radius 2 is 1.70 bits per heavy atom. The molecule has 2 aliphatic rings. The zero-order valence-electron chi connectivity index (χ0n) is 18.4. The van der Waals surface area contributed by atoms with Crippen molar-refractivity contribution in [1.29, 1.82) is 0 Å². The second-order valence-electron chi connectivity index (χ2n) is 8.63. The fourth-order valence-corrected chi connectivity index (χ4v) is 5.01. The van der Waals surface area contributed by atoms with E-state index in [9.17, 15) is 9.59 Å². The van der Waals surface area contributed by atoms with E-state index in [0.29, 0.717) is 36.8 Å². The van der Waals surface area contributed by atoms with Crippen molar-refractivity contribution in [1.82, 2.24) is 19.8 Å². The van der Waals surface area contributed by atoms with Crippen molar-refractivity contribution in [2.45, 2.75) is 12.8 Å². The van der Waals surface area contributed by atoms with Gasteiger partial charge in [0.1, 0.15) is 0 Å². The zero-order chi connectivity index (χ0) is 22.8. The molecule has 2 fully saturated rings. The number of piperazine rings is 1. The van der Waals surface area contributed by atoms with Crippen LogP contribution in [-0.4, -0.2) is 70.9 Å². The van der Waals surface area contributed by atoms with Crippen molar-refractivity contribution in [2.75, 3.05) is 44.2 Å². The van der Waals surface area contributed by atoms with Gasteiger partial charge in [-0.3, -0.25) is 19.6 Å². The van der Waals surface area contributed by atoms with Crippen LogP contribution in [0.2, 0.25) is 5.02 Å². The number of nitrogens with zero attached hydrogens (tertiary/aromatic N) is 5. The summed E-state index contributed by atoms with van der Waals surface area (Å²) in [5, 5.41) is 1.74. The second-order valence-corrected chi connectivity index (χ2v) is 9.07. The zero-order valence-corrected chi connectivity index (χ0v) is 19.1. The van der Waals surface area contributed by atoms with Crippen LogP contribution >= 0.6 is 11.6 Å². The van der Waals surface area contributed by atoms with Gasteiger partial charge in [0.15, 0.2) is 0 Å². The average Bonchev–Trinajstić information content (AvgIpc) is 2.88. The largest absolute Gasteiger partial charge is 0.367 e. The molecule has 1 aromatic carbocycles. The highest BCUT2D eigenvalue weighted by atomic mass is 35.5. The predicted octanol–water partition coefficient (Wildman–Crippen LogP) is 3.48. The first kappa shape index (κ1) is 21.6. The van der Waals surface area contributed by atoms with Gasteiger partial charge in [0.25, 0.3) is 5.91 Å². The van der Waals surface area contributed by atoms with E-state index in [4.69, 9.17) is 11.6 Å². The summed E-state index contributed by atoms with van der Waals surface area (Å²) in [6.07, 6.45) is 6.73. The van der Waals surface area contributed by atoms with Crippen molar-refractivity contribution in [3.8, 4) is 0 Å². The fraction of sp³-hybridized carbons (Fsp3) is 0.360. The lowest BCUT2D eigenvalue weighted by Gasteiger charge is -2.40. The van der Waals surface area contributed by atoms with Gasteiger partial charge < -0.3 is 14.7 Å². The molecular formula is C25H26ClN5O2. The van der Waals surface area contributed by atoms with Crippen LogP contribution in [0.4, 0.5) is 5.69 Å². The first-order chi connectivity index (χ1) is 16.1. The van der Waals surface area contributed by atoms with Crippen LogP contribution in [-0.2, 0) is 4.79 Å². The number of halogens is 1. The van der Waals surface area contributed by atoms with Crippen molar-refractivity contribution in [2.24, 2.45) is 5.92 Å². The lowest BCUT2D eigenvalue weighted by atomic mass is 9.95. The quantitative estimate of drug-likeness (QED) is 0.594. The molecule has 0 radical (unpaired) electrons. The Kier molecular flexibility index (Phi) is 6.13. The molecule has 170 valence electrons. The number of hydrogen-bond acceptors (Lipinski definition) is 5. The Hall–Kier alpha value is -3.19. The maximum atomic E-state index is 13.3. The Bertz CT molecular complexity index is 1160. The maximum absolute atomic E-state index is 13.3. The highest BCUT2D eigenvalue weighted by molar-refractivity contribution is 6.31. The number of amides is 2. The summed E-state index contributed by atoms with van der Waals surface area (Å²) in [7, 11) is 0. The van der Waals surface area contributed by atoms with Crippen LogP contribution < -0.4 is 4.90 Å². The number of carbonyl (C=O) groups excluding carboxylic acids is 2. The first-order valence-corrected chi connectivity index (χ1v) is 11.8. The molecule has 2 amide bonds. The number of carbonyl (C=O) groups is 2. The van der Waals surface area contributed by atoms with Crippen molar-refractivity contribution in [3.63, 3.8) is 0 Å². The number of fused-ring (bicyclic) bond motifs is 1. The van der Waals surface area contributed by atoms with Crippen LogP contribution in [0.3, 0.4) is 0 Å². The van der Waals surface area contributed by atoms with Crippen LogP contribution in [0.15, 0.2) is 55.0 Å². The minimum atomic E-state index is -0.139. The predicted molar refractivity (Wildman–Crippen MR) is 128 cm³/mol. The van der Waals surface area contributed by atoms with Crippen molar-refractivity contribution < 1.29 is 9.59 Å². The molecule has 2 aromatic heterocycles. The lowest BCUT2D eigenvalue weighted by molar-refractivity contribution is -0.137. The summed E-state index contributed by atoms with van der Waals surface area (Å²) in [5.74, 6) is -0.00220. The smallest absolute Gasteiger partial charge is 0.253 e. The molecule has 3 aromatic rings. The van der Waals surface area contributed by atoms with E-state index < -0.39 is 0 Å². The van der Waals surface area contributed by atoms with Gasteiger partial charge >= 0.3 is 0 Å². The molecule has 1 atom stereocenters. The van der Waals surface area contributed by atoms with Gasteiger partial charge in [0.2, 0.25) is 5.91 Å². The Morgan fingerprint density at radius 3 is 2.48 bits per heavy atom.